The maximum atomic E-state index is 12.8. The molecule has 0 aliphatic heterocycles. The molecule has 2 rings (SSSR count). The molecule has 0 fully saturated rings. The summed E-state index contributed by atoms with van der Waals surface area (Å²) in [4.78, 5) is 12.4. The zero-order valence-corrected chi connectivity index (χ0v) is 15.2. The van der Waals surface area contributed by atoms with E-state index in [9.17, 15) is 26.4 Å². The quantitative estimate of drug-likeness (QED) is 0.795. The molecular formula is C16H14ClF3N2O3S. The maximum absolute atomic E-state index is 12.8. The summed E-state index contributed by atoms with van der Waals surface area (Å²) in [5, 5.41) is 2.26. The number of carbonyl (C=O) groups excluding carboxylic acids is 1. The zero-order valence-electron chi connectivity index (χ0n) is 13.6. The second kappa shape index (κ2) is 7.16. The average Bonchev–Trinajstić information content (AvgIpc) is 2.49. The molecule has 0 bridgehead atoms. The highest BCUT2D eigenvalue weighted by Gasteiger charge is 2.31. The van der Waals surface area contributed by atoms with Crippen molar-refractivity contribution in [1.82, 2.24) is 0 Å². The number of alkyl halides is 3. The number of hydrogen-bond acceptors (Lipinski definition) is 3. The summed E-state index contributed by atoms with van der Waals surface area (Å²) >= 11 is 5.86. The van der Waals surface area contributed by atoms with Gasteiger partial charge in [-0.15, -0.1) is 0 Å². The minimum absolute atomic E-state index is 0.0607. The van der Waals surface area contributed by atoms with Crippen LogP contribution < -0.4 is 10.0 Å². The lowest BCUT2D eigenvalue weighted by Gasteiger charge is -2.14. The van der Waals surface area contributed by atoms with Crippen molar-refractivity contribution in [2.45, 2.75) is 13.1 Å². The van der Waals surface area contributed by atoms with Gasteiger partial charge in [0, 0.05) is 5.56 Å². The minimum Gasteiger partial charge on any atom is -0.321 e. The summed E-state index contributed by atoms with van der Waals surface area (Å²) in [7, 11) is -3.56. The molecular weight excluding hydrogens is 393 g/mol. The van der Waals surface area contributed by atoms with E-state index in [0.717, 1.165) is 24.5 Å². The highest BCUT2D eigenvalue weighted by Crippen LogP contribution is 2.34. The van der Waals surface area contributed by atoms with Crippen molar-refractivity contribution in [3.8, 4) is 0 Å². The van der Waals surface area contributed by atoms with Gasteiger partial charge in [-0.1, -0.05) is 17.7 Å². The van der Waals surface area contributed by atoms with E-state index in [1.165, 1.54) is 25.1 Å². The zero-order chi connectivity index (χ0) is 19.7. The van der Waals surface area contributed by atoms with E-state index < -0.39 is 27.7 Å². The lowest BCUT2D eigenvalue weighted by Crippen LogP contribution is -2.17. The lowest BCUT2D eigenvalue weighted by atomic mass is 10.1. The predicted molar refractivity (Wildman–Crippen MR) is 94.1 cm³/mol. The number of nitrogens with one attached hydrogen (secondary N) is 2. The van der Waals surface area contributed by atoms with E-state index >= 15 is 0 Å². The molecule has 2 aromatic carbocycles. The van der Waals surface area contributed by atoms with Gasteiger partial charge in [-0.05, 0) is 42.8 Å². The molecule has 5 nitrogen and oxygen atoms in total. The SMILES string of the molecule is Cc1c(NS(C)(=O)=O)cccc1C(=O)Nc1cc(C(F)(F)F)ccc1Cl. The van der Waals surface area contributed by atoms with Gasteiger partial charge in [-0.2, -0.15) is 13.2 Å². The number of rotatable bonds is 4. The average molecular weight is 407 g/mol. The molecule has 0 saturated carbocycles. The van der Waals surface area contributed by atoms with Crippen molar-refractivity contribution in [3.63, 3.8) is 0 Å². The van der Waals surface area contributed by atoms with E-state index in [1.54, 1.807) is 0 Å². The first-order chi connectivity index (χ1) is 11.9. The molecule has 0 spiro atoms. The molecule has 0 radical (unpaired) electrons. The Kier molecular flexibility index (Phi) is 5.52. The number of amides is 1. The Morgan fingerprint density at radius 2 is 1.77 bits per heavy atom. The van der Waals surface area contributed by atoms with Crippen LogP contribution in [0.5, 0.6) is 0 Å². The van der Waals surface area contributed by atoms with E-state index in [4.69, 9.17) is 11.6 Å². The van der Waals surface area contributed by atoms with Crippen LogP contribution in [0.25, 0.3) is 0 Å². The van der Waals surface area contributed by atoms with Crippen LogP contribution in [0.2, 0.25) is 5.02 Å². The highest BCUT2D eigenvalue weighted by molar-refractivity contribution is 7.92. The standard InChI is InChI=1S/C16H14ClF3N2O3S/c1-9-11(4-3-5-13(9)22-26(2,24)25)15(23)21-14-8-10(16(18,19)20)6-7-12(14)17/h3-8,22H,1-2H3,(H,21,23). The van der Waals surface area contributed by atoms with Gasteiger partial charge in [0.25, 0.3) is 5.91 Å². The molecule has 0 aromatic heterocycles. The van der Waals surface area contributed by atoms with Crippen LogP contribution in [-0.4, -0.2) is 20.6 Å². The third kappa shape index (κ3) is 4.89. The summed E-state index contributed by atoms with van der Waals surface area (Å²) < 4.78 is 63.4. The monoisotopic (exact) mass is 406 g/mol. The number of anilines is 2. The maximum Gasteiger partial charge on any atom is 0.416 e. The third-order valence-electron chi connectivity index (χ3n) is 3.42. The first-order valence-corrected chi connectivity index (χ1v) is 9.41. The molecule has 26 heavy (non-hydrogen) atoms. The molecule has 1 amide bonds. The topological polar surface area (TPSA) is 75.3 Å². The van der Waals surface area contributed by atoms with Crippen LogP contribution in [0.15, 0.2) is 36.4 Å². The van der Waals surface area contributed by atoms with Crippen molar-refractivity contribution >= 4 is 38.9 Å². The number of hydrogen-bond donors (Lipinski definition) is 2. The summed E-state index contributed by atoms with van der Waals surface area (Å²) in [5.74, 6) is -0.721. The van der Waals surface area contributed by atoms with E-state index in [2.05, 4.69) is 10.0 Å². The predicted octanol–water partition coefficient (Wildman–Crippen LogP) is 4.29. The van der Waals surface area contributed by atoms with Crippen molar-refractivity contribution < 1.29 is 26.4 Å². The van der Waals surface area contributed by atoms with Gasteiger partial charge < -0.3 is 5.32 Å². The second-order valence-electron chi connectivity index (χ2n) is 5.50. The molecule has 0 aliphatic carbocycles. The first kappa shape index (κ1) is 20.1. The Balaban J connectivity index is 2.36. The number of sulfonamides is 1. The van der Waals surface area contributed by atoms with Crippen LogP contribution in [0.3, 0.4) is 0 Å². The smallest absolute Gasteiger partial charge is 0.321 e. The van der Waals surface area contributed by atoms with Gasteiger partial charge >= 0.3 is 6.18 Å². The van der Waals surface area contributed by atoms with Crippen molar-refractivity contribution in [1.29, 1.82) is 0 Å². The fraction of sp³-hybridized carbons (Fsp3) is 0.188. The minimum atomic E-state index is -4.58. The Morgan fingerprint density at radius 3 is 2.35 bits per heavy atom. The van der Waals surface area contributed by atoms with Gasteiger partial charge in [0.2, 0.25) is 10.0 Å². The number of carbonyl (C=O) groups is 1. The molecule has 140 valence electrons. The number of halogens is 4. The van der Waals surface area contributed by atoms with Crippen molar-refractivity contribution in [2.24, 2.45) is 0 Å². The van der Waals surface area contributed by atoms with Crippen molar-refractivity contribution in [3.05, 3.63) is 58.1 Å². The second-order valence-corrected chi connectivity index (χ2v) is 7.65. The Hall–Kier alpha value is -2.26. The molecule has 0 atom stereocenters. The Bertz CT molecular complexity index is 960. The van der Waals surface area contributed by atoms with E-state index in [0.29, 0.717) is 5.56 Å². The summed E-state index contributed by atoms with van der Waals surface area (Å²) in [6.45, 7) is 1.51. The van der Waals surface area contributed by atoms with Crippen LogP contribution in [0.1, 0.15) is 21.5 Å². The van der Waals surface area contributed by atoms with Gasteiger partial charge in [0.05, 0.1) is 28.2 Å². The fourth-order valence-corrected chi connectivity index (χ4v) is 2.96. The Labute approximate surface area is 153 Å². The van der Waals surface area contributed by atoms with E-state index in [1.807, 2.05) is 0 Å². The summed E-state index contributed by atoms with van der Waals surface area (Å²) in [6, 6.07) is 6.90. The Morgan fingerprint density at radius 1 is 1.12 bits per heavy atom. The summed E-state index contributed by atoms with van der Waals surface area (Å²) in [5.41, 5.74) is -0.560. The molecule has 10 heteroatoms. The molecule has 0 heterocycles. The molecule has 2 aromatic rings. The van der Waals surface area contributed by atoms with Gasteiger partial charge in [-0.25, -0.2) is 8.42 Å². The fourth-order valence-electron chi connectivity index (χ4n) is 2.18. The molecule has 0 saturated heterocycles. The van der Waals surface area contributed by atoms with Crippen LogP contribution in [0.4, 0.5) is 24.5 Å². The molecule has 0 unspecified atom stereocenters. The van der Waals surface area contributed by atoms with Gasteiger partial charge in [-0.3, -0.25) is 9.52 Å². The van der Waals surface area contributed by atoms with Crippen LogP contribution >= 0.6 is 11.6 Å². The van der Waals surface area contributed by atoms with Gasteiger partial charge in [0.1, 0.15) is 0 Å². The molecule has 0 aliphatic rings. The molecule has 2 N–H and O–H groups in total. The lowest BCUT2D eigenvalue weighted by molar-refractivity contribution is -0.137. The highest BCUT2D eigenvalue weighted by atomic mass is 35.5. The largest absolute Gasteiger partial charge is 0.416 e. The first-order valence-electron chi connectivity index (χ1n) is 7.14. The van der Waals surface area contributed by atoms with Crippen molar-refractivity contribution in [2.75, 3.05) is 16.3 Å². The number of benzene rings is 2. The summed E-state index contributed by atoms with van der Waals surface area (Å²) in [6.07, 6.45) is -3.62. The van der Waals surface area contributed by atoms with Gasteiger partial charge in [0.15, 0.2) is 0 Å². The van der Waals surface area contributed by atoms with E-state index in [-0.39, 0.29) is 22.0 Å². The normalized spacial score (nSPS) is 11.9. The van der Waals surface area contributed by atoms with Crippen LogP contribution in [0, 0.1) is 6.92 Å². The third-order valence-corrected chi connectivity index (χ3v) is 4.34. The van der Waals surface area contributed by atoms with Crippen LogP contribution in [-0.2, 0) is 16.2 Å².